The number of fused-ring (bicyclic) bond motifs is 8. The maximum atomic E-state index is 4.98. The van der Waals surface area contributed by atoms with Crippen LogP contribution in [0, 0.1) is 27.7 Å². The van der Waals surface area contributed by atoms with Gasteiger partial charge in [0.1, 0.15) is 0 Å². The molecule has 0 amide bonds. The van der Waals surface area contributed by atoms with Gasteiger partial charge in [-0.05, 0) is 101 Å². The zero-order valence-corrected chi connectivity index (χ0v) is 22.7. The van der Waals surface area contributed by atoms with E-state index in [1.54, 1.807) is 0 Å². The van der Waals surface area contributed by atoms with Crippen LogP contribution in [0.15, 0.2) is 24.3 Å². The van der Waals surface area contributed by atoms with Gasteiger partial charge in [-0.3, -0.25) is 0 Å². The van der Waals surface area contributed by atoms with E-state index in [2.05, 4.69) is 84.6 Å². The summed E-state index contributed by atoms with van der Waals surface area (Å²) in [6.45, 7) is 17.2. The second-order valence-electron chi connectivity index (χ2n) is 9.18. The third kappa shape index (κ3) is 3.65. The van der Waals surface area contributed by atoms with E-state index in [1.165, 1.54) is 44.5 Å². The molecule has 172 valence electrons. The molecule has 0 spiro atoms. The fourth-order valence-electron chi connectivity index (χ4n) is 4.45. The SMILES string of the molecule is CC1=C(C)c2cc3[nH]c(cc4nc(cc5[n-]c(cc1n2)c(C)c5C)C(C)=C4C)c(C)c3C.[Pt]. The van der Waals surface area contributed by atoms with Gasteiger partial charge in [0.05, 0.1) is 22.8 Å². The maximum absolute atomic E-state index is 4.98. The summed E-state index contributed by atoms with van der Waals surface area (Å²) in [7, 11) is 0. The van der Waals surface area contributed by atoms with Gasteiger partial charge in [0.15, 0.2) is 0 Å². The predicted octanol–water partition coefficient (Wildman–Crippen LogP) is 7.08. The van der Waals surface area contributed by atoms with E-state index in [1.807, 2.05) is 0 Å². The number of H-pyrrole nitrogens is 1. The molecule has 2 aliphatic heterocycles. The summed E-state index contributed by atoms with van der Waals surface area (Å²) in [6.07, 6.45) is 0. The third-order valence-electron chi connectivity index (χ3n) is 7.46. The van der Waals surface area contributed by atoms with E-state index in [4.69, 9.17) is 15.0 Å². The van der Waals surface area contributed by atoms with Gasteiger partial charge in [-0.2, -0.15) is 0 Å². The molecule has 0 aromatic carbocycles. The van der Waals surface area contributed by atoms with Gasteiger partial charge < -0.3 is 9.97 Å². The van der Waals surface area contributed by atoms with Crippen molar-refractivity contribution in [2.24, 2.45) is 0 Å². The van der Waals surface area contributed by atoms with Crippen LogP contribution in [-0.4, -0.2) is 15.0 Å². The molecule has 5 heteroatoms. The average Bonchev–Trinajstić information content (AvgIpc) is 3.37. The van der Waals surface area contributed by atoms with Crippen LogP contribution in [0.1, 0.15) is 72.7 Å². The molecule has 0 saturated heterocycles. The van der Waals surface area contributed by atoms with E-state index in [9.17, 15) is 0 Å². The number of nitrogens with zero attached hydrogens (tertiary/aromatic N) is 3. The Balaban J connectivity index is 0.00000259. The summed E-state index contributed by atoms with van der Waals surface area (Å²) in [6, 6.07) is 8.59. The van der Waals surface area contributed by atoms with E-state index < -0.39 is 0 Å². The predicted molar refractivity (Wildman–Crippen MR) is 135 cm³/mol. The van der Waals surface area contributed by atoms with Crippen molar-refractivity contribution in [3.63, 3.8) is 0 Å². The van der Waals surface area contributed by atoms with Crippen LogP contribution in [0.5, 0.6) is 0 Å². The summed E-state index contributed by atoms with van der Waals surface area (Å²) in [5.41, 5.74) is 17.8. The molecule has 0 aliphatic carbocycles. The molecule has 1 N–H and O–H groups in total. The first-order valence-corrected chi connectivity index (χ1v) is 11.2. The fraction of sp³-hybridized carbons (Fsp3) is 0.286. The fourth-order valence-corrected chi connectivity index (χ4v) is 4.45. The number of allylic oxidation sites excluding steroid dienone is 4. The number of aromatic nitrogens is 4. The molecule has 3 aromatic heterocycles. The molecule has 33 heavy (non-hydrogen) atoms. The van der Waals surface area contributed by atoms with E-state index >= 15 is 0 Å². The molecular formula is C28H29N4Pt-. The minimum atomic E-state index is 0. The Hall–Kier alpha value is -2.71. The molecule has 5 rings (SSSR count). The van der Waals surface area contributed by atoms with Crippen LogP contribution in [-0.2, 0) is 21.1 Å². The zero-order valence-electron chi connectivity index (χ0n) is 20.5. The normalized spacial score (nSPS) is 13.6. The van der Waals surface area contributed by atoms with Crippen molar-refractivity contribution in [3.8, 4) is 0 Å². The van der Waals surface area contributed by atoms with Crippen molar-refractivity contribution >= 4 is 44.4 Å². The molecule has 0 atom stereocenters. The van der Waals surface area contributed by atoms with Gasteiger partial charge in [0.2, 0.25) is 0 Å². The average molecular weight is 617 g/mol. The molecule has 0 saturated carbocycles. The topological polar surface area (TPSA) is 55.7 Å². The number of hydrogen-bond donors (Lipinski definition) is 1. The second kappa shape index (κ2) is 8.25. The summed E-state index contributed by atoms with van der Waals surface area (Å²) in [5.74, 6) is 0. The van der Waals surface area contributed by atoms with Crippen molar-refractivity contribution in [3.05, 3.63) is 69.3 Å². The van der Waals surface area contributed by atoms with Crippen molar-refractivity contribution in [2.45, 2.75) is 55.4 Å². The van der Waals surface area contributed by atoms with Crippen LogP contribution in [0.2, 0.25) is 0 Å². The minimum Gasteiger partial charge on any atom is -0.657 e. The molecule has 0 radical (unpaired) electrons. The summed E-state index contributed by atoms with van der Waals surface area (Å²) in [4.78, 5) is 18.6. The van der Waals surface area contributed by atoms with E-state index in [0.717, 1.165) is 44.8 Å². The molecule has 0 unspecified atom stereocenters. The largest absolute Gasteiger partial charge is 0.657 e. The second-order valence-corrected chi connectivity index (χ2v) is 9.18. The van der Waals surface area contributed by atoms with Crippen LogP contribution in [0.3, 0.4) is 0 Å². The number of nitrogens with one attached hydrogen (secondary N) is 1. The smallest absolute Gasteiger partial charge is 0.0690 e. The quantitative estimate of drug-likeness (QED) is 0.294. The first-order chi connectivity index (χ1) is 15.2. The number of aryl methyl sites for hydroxylation is 4. The molecule has 5 heterocycles. The van der Waals surface area contributed by atoms with Gasteiger partial charge in [0.25, 0.3) is 0 Å². The van der Waals surface area contributed by atoms with E-state index in [-0.39, 0.29) is 21.1 Å². The van der Waals surface area contributed by atoms with Gasteiger partial charge in [-0.1, -0.05) is 23.3 Å². The summed E-state index contributed by atoms with van der Waals surface area (Å²) >= 11 is 0. The van der Waals surface area contributed by atoms with E-state index in [0.29, 0.717) is 0 Å². The Morgan fingerprint density at radius 1 is 0.515 bits per heavy atom. The van der Waals surface area contributed by atoms with Crippen LogP contribution in [0.25, 0.3) is 44.4 Å². The van der Waals surface area contributed by atoms with Gasteiger partial charge in [-0.15, -0.1) is 11.0 Å². The first-order valence-electron chi connectivity index (χ1n) is 11.2. The molecule has 8 bridgehead atoms. The first kappa shape index (κ1) is 23.4. The van der Waals surface area contributed by atoms with Crippen LogP contribution in [0.4, 0.5) is 0 Å². The van der Waals surface area contributed by atoms with Gasteiger partial charge in [0, 0.05) is 32.1 Å². The third-order valence-corrected chi connectivity index (χ3v) is 7.46. The Bertz CT molecular complexity index is 1320. The Kier molecular flexibility index (Phi) is 5.86. The van der Waals surface area contributed by atoms with Crippen molar-refractivity contribution in [1.29, 1.82) is 0 Å². The van der Waals surface area contributed by atoms with Crippen molar-refractivity contribution in [1.82, 2.24) is 19.9 Å². The molecule has 4 nitrogen and oxygen atoms in total. The van der Waals surface area contributed by atoms with Crippen molar-refractivity contribution < 1.29 is 21.1 Å². The number of hydrogen-bond acceptors (Lipinski definition) is 2. The summed E-state index contributed by atoms with van der Waals surface area (Å²) in [5, 5.41) is 0. The number of aromatic amines is 1. The number of rotatable bonds is 0. The summed E-state index contributed by atoms with van der Waals surface area (Å²) < 4.78 is 0. The van der Waals surface area contributed by atoms with Crippen LogP contribution >= 0.6 is 0 Å². The van der Waals surface area contributed by atoms with Gasteiger partial charge >= 0.3 is 0 Å². The van der Waals surface area contributed by atoms with Crippen molar-refractivity contribution in [2.75, 3.05) is 0 Å². The van der Waals surface area contributed by atoms with Gasteiger partial charge in [-0.25, -0.2) is 9.97 Å². The monoisotopic (exact) mass is 616 g/mol. The molecule has 0 fully saturated rings. The minimum absolute atomic E-state index is 0. The Morgan fingerprint density at radius 2 is 0.848 bits per heavy atom. The van der Waals surface area contributed by atoms with Crippen LogP contribution < -0.4 is 4.98 Å². The molecule has 2 aliphatic rings. The zero-order chi connectivity index (χ0) is 22.9. The molecular weight excluding hydrogens is 587 g/mol. The maximum Gasteiger partial charge on any atom is 0.0690 e. The Morgan fingerprint density at radius 3 is 1.21 bits per heavy atom. The standard InChI is InChI=1S/C28H29N4.Pt/c1-13-14(2)22-10-24-17(5)18(6)26(31-24)12-28-20(8)19(7)27(32-28)11-25-16(4)15(3)23(30-25)9-21(13)29-22;/h9-12,29H,1-8H3;/q-1;. The molecule has 3 aromatic rings. The Labute approximate surface area is 209 Å².